The monoisotopic (exact) mass is 346 g/mol. The number of benzene rings is 1. The van der Waals surface area contributed by atoms with Crippen molar-refractivity contribution in [2.24, 2.45) is 5.41 Å². The van der Waals surface area contributed by atoms with Gasteiger partial charge in [-0.1, -0.05) is 20.8 Å². The molecule has 4 nitrogen and oxygen atoms in total. The molecule has 0 aromatic heterocycles. The number of amides is 1. The Labute approximate surface area is 152 Å². The summed E-state index contributed by atoms with van der Waals surface area (Å²) in [4.78, 5) is 12.3. The van der Waals surface area contributed by atoms with Gasteiger partial charge in [0.1, 0.15) is 5.60 Å². The molecular weight excluding hydrogens is 312 g/mol. The lowest BCUT2D eigenvalue weighted by Gasteiger charge is -2.25. The lowest BCUT2D eigenvalue weighted by Crippen LogP contribution is -2.36. The van der Waals surface area contributed by atoms with Crippen molar-refractivity contribution in [2.75, 3.05) is 5.73 Å². The third-order valence-electron chi connectivity index (χ3n) is 6.42. The van der Waals surface area contributed by atoms with E-state index >= 15 is 0 Å². The lowest BCUT2D eigenvalue weighted by molar-refractivity contribution is 0.0515. The second-order valence-corrected chi connectivity index (χ2v) is 9.29. The van der Waals surface area contributed by atoms with Gasteiger partial charge >= 0.3 is 6.09 Å². The molecule has 4 heteroatoms. The quantitative estimate of drug-likeness (QED) is 0.763. The average Bonchev–Trinajstić information content (AvgIpc) is 2.86. The summed E-state index contributed by atoms with van der Waals surface area (Å²) in [5, 5.41) is 3.11. The molecule has 0 radical (unpaired) electrons. The third-order valence-corrected chi connectivity index (χ3v) is 6.42. The summed E-state index contributed by atoms with van der Waals surface area (Å²) in [5.74, 6) is 0. The molecule has 0 bridgehead atoms. The van der Waals surface area contributed by atoms with Crippen LogP contribution in [0.15, 0.2) is 0 Å². The van der Waals surface area contributed by atoms with E-state index in [1.165, 1.54) is 16.7 Å². The van der Waals surface area contributed by atoms with Crippen molar-refractivity contribution in [3.63, 3.8) is 0 Å². The van der Waals surface area contributed by atoms with Gasteiger partial charge in [0.15, 0.2) is 0 Å². The molecule has 0 spiro atoms. The van der Waals surface area contributed by atoms with Gasteiger partial charge in [0, 0.05) is 17.1 Å². The summed E-state index contributed by atoms with van der Waals surface area (Å²) in [7, 11) is 0. The minimum Gasteiger partial charge on any atom is -0.444 e. The van der Waals surface area contributed by atoms with Gasteiger partial charge in [-0.3, -0.25) is 0 Å². The molecular formula is C21H34N2O2. The lowest BCUT2D eigenvalue weighted by atomic mass is 9.80. The van der Waals surface area contributed by atoms with Crippen molar-refractivity contribution in [1.29, 1.82) is 0 Å². The number of carbonyl (C=O) groups is 1. The van der Waals surface area contributed by atoms with Crippen molar-refractivity contribution in [1.82, 2.24) is 5.32 Å². The summed E-state index contributed by atoms with van der Waals surface area (Å²) in [6, 6.07) is 0.0228. The minimum absolute atomic E-state index is 0.0228. The van der Waals surface area contributed by atoms with E-state index in [2.05, 4.69) is 53.8 Å². The zero-order chi connectivity index (χ0) is 19.5. The van der Waals surface area contributed by atoms with Crippen LogP contribution in [0.1, 0.15) is 69.4 Å². The molecule has 0 heterocycles. The van der Waals surface area contributed by atoms with Gasteiger partial charge in [0.05, 0.1) is 0 Å². The number of anilines is 1. The predicted octanol–water partition coefficient (Wildman–Crippen LogP) is 4.69. The highest BCUT2D eigenvalue weighted by molar-refractivity contribution is 5.72. The second-order valence-electron chi connectivity index (χ2n) is 9.29. The van der Waals surface area contributed by atoms with Crippen molar-refractivity contribution < 1.29 is 9.53 Å². The van der Waals surface area contributed by atoms with Crippen molar-refractivity contribution in [3.05, 3.63) is 27.8 Å². The molecule has 2 rings (SSSR count). The van der Waals surface area contributed by atoms with Crippen molar-refractivity contribution in [2.45, 2.75) is 86.3 Å². The number of nitrogens with one attached hydrogen (secondary N) is 1. The van der Waals surface area contributed by atoms with Crippen LogP contribution in [0.2, 0.25) is 0 Å². The molecule has 1 aromatic rings. The van der Waals surface area contributed by atoms with Crippen LogP contribution in [-0.2, 0) is 10.2 Å². The zero-order valence-corrected chi connectivity index (χ0v) is 17.5. The number of rotatable bonds is 2. The van der Waals surface area contributed by atoms with Gasteiger partial charge in [-0.2, -0.15) is 0 Å². The van der Waals surface area contributed by atoms with Crippen LogP contribution in [0.25, 0.3) is 0 Å². The van der Waals surface area contributed by atoms with Gasteiger partial charge in [0.25, 0.3) is 0 Å². The maximum Gasteiger partial charge on any atom is 0.407 e. The Balaban J connectivity index is 2.45. The molecule has 1 aliphatic carbocycles. The van der Waals surface area contributed by atoms with Gasteiger partial charge in [-0.15, -0.1) is 0 Å². The smallest absolute Gasteiger partial charge is 0.407 e. The molecule has 1 saturated carbocycles. The van der Waals surface area contributed by atoms with Gasteiger partial charge in [-0.25, -0.2) is 4.79 Å². The predicted molar refractivity (Wildman–Crippen MR) is 104 cm³/mol. The Kier molecular flexibility index (Phi) is 4.43. The summed E-state index contributed by atoms with van der Waals surface area (Å²) in [6.07, 6.45) is -0.353. The van der Waals surface area contributed by atoms with Crippen LogP contribution in [0.5, 0.6) is 0 Å². The van der Waals surface area contributed by atoms with E-state index < -0.39 is 5.60 Å². The summed E-state index contributed by atoms with van der Waals surface area (Å²) >= 11 is 0. The number of alkyl carbamates (subject to hydrolysis) is 1. The highest BCUT2D eigenvalue weighted by Crippen LogP contribution is 2.65. The van der Waals surface area contributed by atoms with Crippen LogP contribution in [-0.4, -0.2) is 17.7 Å². The SMILES string of the molecule is Cc1c(C)c(C2(C)C(NC(=O)OC(C)(C)C)C2(C)C)c(C)c(C)c1N. The molecule has 1 aliphatic rings. The topological polar surface area (TPSA) is 64.3 Å². The Bertz CT molecular complexity index is 699. The first-order chi connectivity index (χ1) is 11.2. The number of hydrogen-bond donors (Lipinski definition) is 2. The largest absolute Gasteiger partial charge is 0.444 e. The van der Waals surface area contributed by atoms with E-state index in [0.29, 0.717) is 0 Å². The first-order valence-corrected chi connectivity index (χ1v) is 9.02. The first-order valence-electron chi connectivity index (χ1n) is 9.02. The van der Waals surface area contributed by atoms with E-state index in [1.807, 2.05) is 20.8 Å². The average molecular weight is 347 g/mol. The highest BCUT2D eigenvalue weighted by Gasteiger charge is 2.70. The zero-order valence-electron chi connectivity index (χ0n) is 17.5. The Hall–Kier alpha value is -1.71. The third kappa shape index (κ3) is 2.90. The molecule has 0 aliphatic heterocycles. The summed E-state index contributed by atoms with van der Waals surface area (Å²) in [5.41, 5.74) is 12.5. The molecule has 2 unspecified atom stereocenters. The highest BCUT2D eigenvalue weighted by atomic mass is 16.6. The number of ether oxygens (including phenoxy) is 1. The van der Waals surface area contributed by atoms with Crippen molar-refractivity contribution >= 4 is 11.8 Å². The molecule has 1 aromatic carbocycles. The molecule has 1 amide bonds. The molecule has 3 N–H and O–H groups in total. The van der Waals surface area contributed by atoms with Crippen LogP contribution >= 0.6 is 0 Å². The first kappa shape index (κ1) is 19.6. The Morgan fingerprint density at radius 3 is 1.84 bits per heavy atom. The number of nitrogens with two attached hydrogens (primary N) is 1. The summed E-state index contributed by atoms with van der Waals surface area (Å²) < 4.78 is 5.47. The number of nitrogen functional groups attached to an aromatic ring is 1. The Morgan fingerprint density at radius 2 is 1.44 bits per heavy atom. The van der Waals surface area contributed by atoms with E-state index in [4.69, 9.17) is 10.5 Å². The van der Waals surface area contributed by atoms with Crippen molar-refractivity contribution in [3.8, 4) is 0 Å². The molecule has 140 valence electrons. The molecule has 1 fully saturated rings. The van der Waals surface area contributed by atoms with E-state index in [1.54, 1.807) is 0 Å². The van der Waals surface area contributed by atoms with Crippen LogP contribution in [0.3, 0.4) is 0 Å². The van der Waals surface area contributed by atoms with E-state index in [0.717, 1.165) is 16.8 Å². The van der Waals surface area contributed by atoms with E-state index in [9.17, 15) is 4.79 Å². The van der Waals surface area contributed by atoms with Gasteiger partial charge < -0.3 is 15.8 Å². The maximum atomic E-state index is 12.3. The van der Waals surface area contributed by atoms with Gasteiger partial charge in [0.2, 0.25) is 0 Å². The molecule has 2 atom stereocenters. The molecule has 25 heavy (non-hydrogen) atoms. The van der Waals surface area contributed by atoms with Crippen LogP contribution in [0, 0.1) is 33.1 Å². The fourth-order valence-corrected chi connectivity index (χ4v) is 4.32. The fraction of sp³-hybridized carbons (Fsp3) is 0.667. The normalized spacial score (nSPS) is 24.8. The number of hydrogen-bond acceptors (Lipinski definition) is 3. The second kappa shape index (κ2) is 5.65. The van der Waals surface area contributed by atoms with Crippen LogP contribution in [0.4, 0.5) is 10.5 Å². The number of carbonyl (C=O) groups excluding carboxylic acids is 1. The molecule has 0 saturated heterocycles. The fourth-order valence-electron chi connectivity index (χ4n) is 4.32. The standard InChI is InChI=1S/C21H34N2O2/c1-11-13(3)16(22)14(4)12(2)15(11)21(10)17(20(21,8)9)23-18(24)25-19(5,6)7/h17H,22H2,1-10H3,(H,23,24). The van der Waals surface area contributed by atoms with Crippen LogP contribution < -0.4 is 11.1 Å². The minimum atomic E-state index is -0.500. The Morgan fingerprint density at radius 1 is 1.00 bits per heavy atom. The van der Waals surface area contributed by atoms with Gasteiger partial charge in [-0.05, 0) is 81.7 Å². The summed E-state index contributed by atoms with van der Waals surface area (Å²) in [6.45, 7) is 20.7. The van der Waals surface area contributed by atoms with E-state index in [-0.39, 0.29) is 23.0 Å². The maximum absolute atomic E-state index is 12.3.